The average molecular weight is 199 g/mol. The van der Waals surface area contributed by atoms with Gasteiger partial charge in [0.05, 0.1) is 10.6 Å². The Labute approximate surface area is 80.9 Å². The number of hydrogen-bond donors (Lipinski definition) is 1. The minimum atomic E-state index is -0.433. The molecule has 13 heavy (non-hydrogen) atoms. The Bertz CT molecular complexity index is 333. The first-order chi connectivity index (χ1) is 6.27. The van der Waals surface area contributed by atoms with E-state index in [-0.39, 0.29) is 6.54 Å². The van der Waals surface area contributed by atoms with Gasteiger partial charge in [-0.15, -0.1) is 0 Å². The summed E-state index contributed by atoms with van der Waals surface area (Å²) >= 11 is 5.75. The zero-order valence-corrected chi connectivity index (χ0v) is 7.61. The van der Waals surface area contributed by atoms with Crippen molar-refractivity contribution < 1.29 is 4.39 Å². The quantitative estimate of drug-likeness (QED) is 0.811. The molecule has 0 unspecified atom stereocenters. The fourth-order valence-corrected chi connectivity index (χ4v) is 1.13. The van der Waals surface area contributed by atoms with E-state index in [2.05, 4.69) is 5.32 Å². The minimum Gasteiger partial charge on any atom is -0.382 e. The second-order valence-electron chi connectivity index (χ2n) is 2.42. The van der Waals surface area contributed by atoms with Gasteiger partial charge in [-0.05, 0) is 18.2 Å². The summed E-state index contributed by atoms with van der Waals surface area (Å²) in [5.74, 6) is 0. The molecule has 0 fully saturated rings. The molecule has 0 heterocycles. The molecule has 1 rings (SSSR count). The van der Waals surface area contributed by atoms with E-state index in [1.165, 1.54) is 0 Å². The van der Waals surface area contributed by atoms with Crippen LogP contribution < -0.4 is 5.32 Å². The molecule has 0 saturated carbocycles. The monoisotopic (exact) mass is 198 g/mol. The minimum absolute atomic E-state index is 0.252. The molecular formula is C9H8ClFN2. The fourth-order valence-electron chi connectivity index (χ4n) is 0.907. The van der Waals surface area contributed by atoms with Crippen molar-refractivity contribution >= 4 is 17.3 Å². The van der Waals surface area contributed by atoms with E-state index in [1.807, 2.05) is 6.07 Å². The Morgan fingerprint density at radius 3 is 2.85 bits per heavy atom. The van der Waals surface area contributed by atoms with Crippen molar-refractivity contribution in [1.29, 1.82) is 5.26 Å². The third kappa shape index (κ3) is 2.60. The summed E-state index contributed by atoms with van der Waals surface area (Å²) in [6.07, 6.45) is 0. The fraction of sp³-hybridized carbons (Fsp3) is 0.222. The van der Waals surface area contributed by atoms with Crippen molar-refractivity contribution in [1.82, 2.24) is 0 Å². The maximum Gasteiger partial charge on any atom is 0.107 e. The Morgan fingerprint density at radius 2 is 2.31 bits per heavy atom. The van der Waals surface area contributed by atoms with Gasteiger partial charge in [0, 0.05) is 12.2 Å². The highest BCUT2D eigenvalue weighted by Crippen LogP contribution is 2.19. The van der Waals surface area contributed by atoms with Crippen LogP contribution in [0.2, 0.25) is 5.02 Å². The average Bonchev–Trinajstić information content (AvgIpc) is 2.15. The Kier molecular flexibility index (Phi) is 3.53. The molecule has 0 saturated heterocycles. The summed E-state index contributed by atoms with van der Waals surface area (Å²) in [5, 5.41) is 11.8. The number of benzene rings is 1. The van der Waals surface area contributed by atoms with Crippen molar-refractivity contribution in [3.63, 3.8) is 0 Å². The second kappa shape index (κ2) is 4.68. The number of nitrogens with zero attached hydrogens (tertiary/aromatic N) is 1. The van der Waals surface area contributed by atoms with Crippen LogP contribution in [0.5, 0.6) is 0 Å². The molecule has 0 aliphatic carbocycles. The molecule has 1 N–H and O–H groups in total. The van der Waals surface area contributed by atoms with Crippen LogP contribution in [0.25, 0.3) is 0 Å². The summed E-state index contributed by atoms with van der Waals surface area (Å²) in [6, 6.07) is 6.85. The lowest BCUT2D eigenvalue weighted by atomic mass is 10.2. The van der Waals surface area contributed by atoms with Gasteiger partial charge in [0.25, 0.3) is 0 Å². The number of nitrogens with one attached hydrogen (secondary N) is 1. The predicted molar refractivity (Wildman–Crippen MR) is 50.6 cm³/mol. The summed E-state index contributed by atoms with van der Waals surface area (Å²) in [4.78, 5) is 0. The first-order valence-corrected chi connectivity index (χ1v) is 4.15. The number of anilines is 1. The maximum absolute atomic E-state index is 11.8. The SMILES string of the molecule is N#Cc1ccc(NCCF)cc1Cl. The van der Waals surface area contributed by atoms with Crippen molar-refractivity contribution in [2.45, 2.75) is 0 Å². The van der Waals surface area contributed by atoms with E-state index >= 15 is 0 Å². The molecule has 0 aliphatic rings. The molecule has 0 spiro atoms. The van der Waals surface area contributed by atoms with E-state index in [9.17, 15) is 4.39 Å². The van der Waals surface area contributed by atoms with Gasteiger partial charge >= 0.3 is 0 Å². The first-order valence-electron chi connectivity index (χ1n) is 3.77. The molecule has 4 heteroatoms. The van der Waals surface area contributed by atoms with Crippen molar-refractivity contribution in [2.24, 2.45) is 0 Å². The van der Waals surface area contributed by atoms with Gasteiger partial charge in [-0.3, -0.25) is 0 Å². The number of hydrogen-bond acceptors (Lipinski definition) is 2. The van der Waals surface area contributed by atoms with Gasteiger partial charge in [0.15, 0.2) is 0 Å². The molecular weight excluding hydrogens is 191 g/mol. The molecule has 68 valence electrons. The van der Waals surface area contributed by atoms with Crippen LogP contribution in [0.3, 0.4) is 0 Å². The number of halogens is 2. The summed E-state index contributed by atoms with van der Waals surface area (Å²) in [5.41, 5.74) is 1.15. The molecule has 1 aromatic carbocycles. The molecule has 0 bridgehead atoms. The third-order valence-corrected chi connectivity index (χ3v) is 1.83. The highest BCUT2D eigenvalue weighted by molar-refractivity contribution is 6.32. The molecule has 0 radical (unpaired) electrons. The Morgan fingerprint density at radius 1 is 1.54 bits per heavy atom. The Balaban J connectivity index is 2.79. The lowest BCUT2D eigenvalue weighted by Crippen LogP contribution is -2.02. The van der Waals surface area contributed by atoms with Gasteiger partial charge in [-0.2, -0.15) is 5.26 Å². The Hall–Kier alpha value is -1.27. The summed E-state index contributed by atoms with van der Waals surface area (Å²) < 4.78 is 11.8. The highest BCUT2D eigenvalue weighted by atomic mass is 35.5. The third-order valence-electron chi connectivity index (χ3n) is 1.51. The predicted octanol–water partition coefficient (Wildman–Crippen LogP) is 2.59. The maximum atomic E-state index is 11.8. The molecule has 2 nitrogen and oxygen atoms in total. The zero-order valence-electron chi connectivity index (χ0n) is 6.85. The lowest BCUT2D eigenvalue weighted by molar-refractivity contribution is 0.513. The molecule has 0 aliphatic heterocycles. The van der Waals surface area contributed by atoms with Crippen molar-refractivity contribution in [3.8, 4) is 6.07 Å². The van der Waals surface area contributed by atoms with E-state index in [0.717, 1.165) is 5.69 Å². The number of alkyl halides is 1. The van der Waals surface area contributed by atoms with Crippen LogP contribution in [0, 0.1) is 11.3 Å². The van der Waals surface area contributed by atoms with Crippen LogP contribution in [0.15, 0.2) is 18.2 Å². The van der Waals surface area contributed by atoms with Gasteiger partial charge in [-0.1, -0.05) is 11.6 Å². The van der Waals surface area contributed by atoms with Crippen LogP contribution in [0.4, 0.5) is 10.1 Å². The summed E-state index contributed by atoms with van der Waals surface area (Å²) in [6.45, 7) is -0.181. The largest absolute Gasteiger partial charge is 0.382 e. The van der Waals surface area contributed by atoms with E-state index in [4.69, 9.17) is 16.9 Å². The van der Waals surface area contributed by atoms with E-state index in [0.29, 0.717) is 10.6 Å². The lowest BCUT2D eigenvalue weighted by Gasteiger charge is -2.04. The standard InChI is InChI=1S/C9H8ClFN2/c10-9-5-8(13-4-3-11)2-1-7(9)6-12/h1-2,5,13H,3-4H2. The van der Waals surface area contributed by atoms with Gasteiger partial charge in [0.2, 0.25) is 0 Å². The van der Waals surface area contributed by atoms with E-state index in [1.54, 1.807) is 18.2 Å². The van der Waals surface area contributed by atoms with Gasteiger partial charge in [-0.25, -0.2) is 4.39 Å². The molecule has 0 aromatic heterocycles. The van der Waals surface area contributed by atoms with Crippen molar-refractivity contribution in [3.05, 3.63) is 28.8 Å². The van der Waals surface area contributed by atoms with Crippen molar-refractivity contribution in [2.75, 3.05) is 18.5 Å². The molecule has 1 aromatic rings. The zero-order chi connectivity index (χ0) is 9.68. The van der Waals surface area contributed by atoms with Crippen LogP contribution in [-0.2, 0) is 0 Å². The molecule has 0 atom stereocenters. The van der Waals surface area contributed by atoms with Gasteiger partial charge in [0.1, 0.15) is 12.7 Å². The summed E-state index contributed by atoms with van der Waals surface area (Å²) in [7, 11) is 0. The second-order valence-corrected chi connectivity index (χ2v) is 2.83. The van der Waals surface area contributed by atoms with Crippen LogP contribution >= 0.6 is 11.6 Å². The molecule has 0 amide bonds. The van der Waals surface area contributed by atoms with Gasteiger partial charge < -0.3 is 5.32 Å². The topological polar surface area (TPSA) is 35.8 Å². The first kappa shape index (κ1) is 9.82. The normalized spacial score (nSPS) is 9.31. The number of nitriles is 1. The van der Waals surface area contributed by atoms with E-state index < -0.39 is 6.67 Å². The van der Waals surface area contributed by atoms with Crippen LogP contribution in [0.1, 0.15) is 5.56 Å². The smallest absolute Gasteiger partial charge is 0.107 e. The number of rotatable bonds is 3. The highest BCUT2D eigenvalue weighted by Gasteiger charge is 1.99. The van der Waals surface area contributed by atoms with Crippen LogP contribution in [-0.4, -0.2) is 13.2 Å².